The second-order valence-corrected chi connectivity index (χ2v) is 6.97. The predicted molar refractivity (Wildman–Crippen MR) is 94.9 cm³/mol. The molecule has 5 nitrogen and oxygen atoms in total. The Morgan fingerprint density at radius 3 is 2.54 bits per heavy atom. The number of ether oxygens (including phenoxy) is 1. The molecule has 0 radical (unpaired) electrons. The fraction of sp³-hybridized carbons (Fsp3) is 0.632. The van der Waals surface area contributed by atoms with Gasteiger partial charge in [-0.3, -0.25) is 14.6 Å². The number of amides is 1. The maximum atomic E-state index is 12.1. The molecular weight excluding hydrogens is 302 g/mol. The minimum Gasteiger partial charge on any atom is -0.377 e. The number of nitrogens with one attached hydrogen (secondary N) is 1. The number of carbonyl (C=O) groups is 1. The molecular formula is C19H29N3O2. The molecule has 2 fully saturated rings. The lowest BCUT2D eigenvalue weighted by Gasteiger charge is -2.35. The van der Waals surface area contributed by atoms with Gasteiger partial charge in [-0.05, 0) is 25.3 Å². The molecule has 0 aliphatic carbocycles. The third-order valence-corrected chi connectivity index (χ3v) is 4.93. The zero-order chi connectivity index (χ0) is 16.8. The predicted octanol–water partition coefficient (Wildman–Crippen LogP) is 1.41. The molecule has 1 unspecified atom stereocenters. The van der Waals surface area contributed by atoms with Gasteiger partial charge in [0, 0.05) is 45.9 Å². The molecule has 2 heterocycles. The summed E-state index contributed by atoms with van der Waals surface area (Å²) in [6, 6.07) is 8.29. The lowest BCUT2D eigenvalue weighted by molar-refractivity contribution is -0.122. The molecule has 5 heteroatoms. The van der Waals surface area contributed by atoms with Crippen molar-refractivity contribution in [2.75, 3.05) is 45.9 Å². The standard InChI is InChI=1S/C19H29N3O2/c1-16-4-6-17(7-5-16)13-20-19(23)15-22-10-8-21(9-11-22)14-18-3-2-12-24-18/h4-7,18H,2-3,8-15H2,1H3,(H,20,23). The highest BCUT2D eigenvalue weighted by atomic mass is 16.5. The SMILES string of the molecule is Cc1ccc(CNC(=O)CN2CCN(CC3CCCO3)CC2)cc1. The second kappa shape index (κ2) is 8.60. The summed E-state index contributed by atoms with van der Waals surface area (Å²) in [5.41, 5.74) is 2.39. The first-order valence-electron chi connectivity index (χ1n) is 9.07. The van der Waals surface area contributed by atoms with Gasteiger partial charge in [0.15, 0.2) is 0 Å². The van der Waals surface area contributed by atoms with Crippen molar-refractivity contribution < 1.29 is 9.53 Å². The van der Waals surface area contributed by atoms with Crippen LogP contribution < -0.4 is 5.32 Å². The minimum atomic E-state index is 0.114. The van der Waals surface area contributed by atoms with Gasteiger partial charge >= 0.3 is 0 Å². The van der Waals surface area contributed by atoms with Crippen molar-refractivity contribution in [1.29, 1.82) is 0 Å². The molecule has 0 saturated carbocycles. The molecule has 2 aliphatic rings. The number of nitrogens with zero attached hydrogens (tertiary/aromatic N) is 2. The van der Waals surface area contributed by atoms with Crippen molar-refractivity contribution >= 4 is 5.91 Å². The van der Waals surface area contributed by atoms with Gasteiger partial charge in [0.25, 0.3) is 0 Å². The molecule has 1 aromatic carbocycles. The Hall–Kier alpha value is -1.43. The Kier molecular flexibility index (Phi) is 6.24. The van der Waals surface area contributed by atoms with Gasteiger partial charge in [-0.15, -0.1) is 0 Å². The summed E-state index contributed by atoms with van der Waals surface area (Å²) in [4.78, 5) is 16.8. The molecule has 1 aromatic rings. The molecule has 0 spiro atoms. The summed E-state index contributed by atoms with van der Waals surface area (Å²) < 4.78 is 5.71. The van der Waals surface area contributed by atoms with E-state index in [0.29, 0.717) is 19.2 Å². The topological polar surface area (TPSA) is 44.8 Å². The summed E-state index contributed by atoms with van der Waals surface area (Å²) >= 11 is 0. The van der Waals surface area contributed by atoms with Crippen LogP contribution in [0.5, 0.6) is 0 Å². The van der Waals surface area contributed by atoms with Crippen molar-refractivity contribution in [3.05, 3.63) is 35.4 Å². The number of hydrogen-bond donors (Lipinski definition) is 1. The van der Waals surface area contributed by atoms with Crippen LogP contribution in [-0.4, -0.2) is 67.7 Å². The Morgan fingerprint density at radius 1 is 1.17 bits per heavy atom. The quantitative estimate of drug-likeness (QED) is 0.856. The lowest BCUT2D eigenvalue weighted by Crippen LogP contribution is -2.50. The third-order valence-electron chi connectivity index (χ3n) is 4.93. The Bertz CT molecular complexity index is 518. The van der Waals surface area contributed by atoms with Crippen LogP contribution in [0.25, 0.3) is 0 Å². The largest absolute Gasteiger partial charge is 0.377 e. The van der Waals surface area contributed by atoms with Crippen LogP contribution in [-0.2, 0) is 16.1 Å². The first-order chi connectivity index (χ1) is 11.7. The lowest BCUT2D eigenvalue weighted by atomic mass is 10.1. The van der Waals surface area contributed by atoms with Crippen molar-refractivity contribution in [2.45, 2.75) is 32.4 Å². The van der Waals surface area contributed by atoms with Gasteiger partial charge in [-0.25, -0.2) is 0 Å². The van der Waals surface area contributed by atoms with E-state index >= 15 is 0 Å². The van der Waals surface area contributed by atoms with Crippen LogP contribution in [0, 0.1) is 6.92 Å². The highest BCUT2D eigenvalue weighted by Crippen LogP contribution is 2.14. The molecule has 1 amide bonds. The average Bonchev–Trinajstić information content (AvgIpc) is 3.09. The van der Waals surface area contributed by atoms with Crippen LogP contribution in [0.3, 0.4) is 0 Å². The fourth-order valence-electron chi connectivity index (χ4n) is 3.37. The van der Waals surface area contributed by atoms with Crippen LogP contribution >= 0.6 is 0 Å². The summed E-state index contributed by atoms with van der Waals surface area (Å²) in [5.74, 6) is 0.114. The highest BCUT2D eigenvalue weighted by Gasteiger charge is 2.23. The minimum absolute atomic E-state index is 0.114. The number of aryl methyl sites for hydroxylation is 1. The molecule has 132 valence electrons. The Labute approximate surface area is 145 Å². The second-order valence-electron chi connectivity index (χ2n) is 6.97. The Morgan fingerprint density at radius 2 is 1.88 bits per heavy atom. The van der Waals surface area contributed by atoms with E-state index in [-0.39, 0.29) is 5.91 Å². The maximum absolute atomic E-state index is 12.1. The van der Waals surface area contributed by atoms with E-state index in [4.69, 9.17) is 4.74 Å². The molecule has 0 bridgehead atoms. The van der Waals surface area contributed by atoms with Gasteiger partial charge in [0.1, 0.15) is 0 Å². The normalized spacial score (nSPS) is 22.6. The molecule has 24 heavy (non-hydrogen) atoms. The summed E-state index contributed by atoms with van der Waals surface area (Å²) in [6.07, 6.45) is 2.82. The van der Waals surface area contributed by atoms with Gasteiger partial charge in [-0.1, -0.05) is 29.8 Å². The summed E-state index contributed by atoms with van der Waals surface area (Å²) in [7, 11) is 0. The van der Waals surface area contributed by atoms with Crippen LogP contribution in [0.4, 0.5) is 0 Å². The number of carbonyl (C=O) groups excluding carboxylic acids is 1. The van der Waals surface area contributed by atoms with E-state index in [1.165, 1.54) is 18.4 Å². The smallest absolute Gasteiger partial charge is 0.234 e. The van der Waals surface area contributed by atoms with Gasteiger partial charge in [-0.2, -0.15) is 0 Å². The fourth-order valence-corrected chi connectivity index (χ4v) is 3.37. The molecule has 3 rings (SSSR count). The van der Waals surface area contributed by atoms with Gasteiger partial charge in [0.05, 0.1) is 12.6 Å². The molecule has 2 aliphatic heterocycles. The van der Waals surface area contributed by atoms with E-state index in [1.807, 2.05) is 0 Å². The van der Waals surface area contributed by atoms with Crippen LogP contribution in [0.1, 0.15) is 24.0 Å². The monoisotopic (exact) mass is 331 g/mol. The molecule has 0 aromatic heterocycles. The van der Waals surface area contributed by atoms with Gasteiger partial charge < -0.3 is 10.1 Å². The van der Waals surface area contributed by atoms with Crippen LogP contribution in [0.15, 0.2) is 24.3 Å². The van der Waals surface area contributed by atoms with Crippen molar-refractivity contribution in [3.8, 4) is 0 Å². The average molecular weight is 331 g/mol. The number of rotatable bonds is 6. The highest BCUT2D eigenvalue weighted by molar-refractivity contribution is 5.78. The number of piperazine rings is 1. The van der Waals surface area contributed by atoms with Crippen molar-refractivity contribution in [2.24, 2.45) is 0 Å². The van der Waals surface area contributed by atoms with Gasteiger partial charge in [0.2, 0.25) is 5.91 Å². The summed E-state index contributed by atoms with van der Waals surface area (Å²) in [6.45, 7) is 9.14. The maximum Gasteiger partial charge on any atom is 0.234 e. The Balaban J connectivity index is 1.33. The molecule has 1 N–H and O–H groups in total. The molecule has 2 saturated heterocycles. The number of benzene rings is 1. The zero-order valence-electron chi connectivity index (χ0n) is 14.7. The van der Waals surface area contributed by atoms with E-state index in [1.54, 1.807) is 0 Å². The van der Waals surface area contributed by atoms with E-state index in [2.05, 4.69) is 46.3 Å². The number of hydrogen-bond acceptors (Lipinski definition) is 4. The third kappa shape index (κ3) is 5.30. The van der Waals surface area contributed by atoms with Crippen LogP contribution in [0.2, 0.25) is 0 Å². The van der Waals surface area contributed by atoms with E-state index < -0.39 is 0 Å². The van der Waals surface area contributed by atoms with Crippen molar-refractivity contribution in [3.63, 3.8) is 0 Å². The first-order valence-corrected chi connectivity index (χ1v) is 9.07. The first kappa shape index (κ1) is 17.4. The van der Waals surface area contributed by atoms with E-state index in [0.717, 1.165) is 44.9 Å². The summed E-state index contributed by atoms with van der Waals surface area (Å²) in [5, 5.41) is 3.02. The van der Waals surface area contributed by atoms with E-state index in [9.17, 15) is 4.79 Å². The zero-order valence-corrected chi connectivity index (χ0v) is 14.7. The molecule has 1 atom stereocenters. The van der Waals surface area contributed by atoms with Crippen molar-refractivity contribution in [1.82, 2.24) is 15.1 Å².